The van der Waals surface area contributed by atoms with Gasteiger partial charge in [0.05, 0.1) is 6.04 Å². The van der Waals surface area contributed by atoms with Gasteiger partial charge < -0.3 is 5.32 Å². The van der Waals surface area contributed by atoms with Crippen molar-refractivity contribution >= 4 is 33.6 Å². The Morgan fingerprint density at radius 3 is 2.56 bits per heavy atom. The van der Waals surface area contributed by atoms with E-state index in [1.54, 1.807) is 11.8 Å². The highest BCUT2D eigenvalue weighted by molar-refractivity contribution is 9.09. The van der Waals surface area contributed by atoms with Crippen molar-refractivity contribution < 1.29 is 4.79 Å². The molecular weight excluding hydrogens is 286 g/mol. The molecule has 1 aromatic rings. The predicted octanol–water partition coefficient (Wildman–Crippen LogP) is 3.37. The number of rotatable bonds is 5. The van der Waals surface area contributed by atoms with Crippen molar-refractivity contribution in [2.75, 3.05) is 11.6 Å². The lowest BCUT2D eigenvalue weighted by Gasteiger charge is -2.14. The lowest BCUT2D eigenvalue weighted by Crippen LogP contribution is -2.26. The van der Waals surface area contributed by atoms with Crippen molar-refractivity contribution in [3.63, 3.8) is 0 Å². The summed E-state index contributed by atoms with van der Waals surface area (Å²) in [6.07, 6.45) is 2.57. The lowest BCUT2D eigenvalue weighted by atomic mass is 10.1. The van der Waals surface area contributed by atoms with Crippen LogP contribution < -0.4 is 5.32 Å². The normalized spacial score (nSPS) is 12.2. The molecule has 1 amide bonds. The SMILES string of the molecule is CSc1ccc(C(C)NC(=O)CCBr)cc1. The van der Waals surface area contributed by atoms with Gasteiger partial charge in [-0.15, -0.1) is 11.8 Å². The van der Waals surface area contributed by atoms with Crippen LogP contribution in [0.25, 0.3) is 0 Å². The highest BCUT2D eigenvalue weighted by Crippen LogP contribution is 2.18. The van der Waals surface area contributed by atoms with E-state index in [-0.39, 0.29) is 11.9 Å². The lowest BCUT2D eigenvalue weighted by molar-refractivity contribution is -0.121. The summed E-state index contributed by atoms with van der Waals surface area (Å²) >= 11 is 4.97. The molecule has 0 saturated carbocycles. The Hall–Kier alpha value is -0.480. The molecule has 0 fully saturated rings. The van der Waals surface area contributed by atoms with E-state index >= 15 is 0 Å². The molecular formula is C12H16BrNOS. The summed E-state index contributed by atoms with van der Waals surface area (Å²) in [7, 11) is 0. The number of alkyl halides is 1. The van der Waals surface area contributed by atoms with Crippen LogP contribution in [0, 0.1) is 0 Å². The molecule has 0 saturated heterocycles. The zero-order chi connectivity index (χ0) is 12.0. The van der Waals surface area contributed by atoms with Gasteiger partial charge in [-0.2, -0.15) is 0 Å². The van der Waals surface area contributed by atoms with Crippen LogP contribution >= 0.6 is 27.7 Å². The van der Waals surface area contributed by atoms with Crippen molar-refractivity contribution in [1.29, 1.82) is 0 Å². The van der Waals surface area contributed by atoms with Crippen LogP contribution in [0.3, 0.4) is 0 Å². The number of halogens is 1. The molecule has 0 aliphatic carbocycles. The monoisotopic (exact) mass is 301 g/mol. The first-order valence-corrected chi connectivity index (χ1v) is 7.51. The Kier molecular flexibility index (Phi) is 5.91. The first-order valence-electron chi connectivity index (χ1n) is 5.16. The van der Waals surface area contributed by atoms with Gasteiger partial charge in [-0.25, -0.2) is 0 Å². The van der Waals surface area contributed by atoms with E-state index in [1.165, 1.54) is 4.90 Å². The van der Waals surface area contributed by atoms with Crippen LogP contribution in [0.5, 0.6) is 0 Å². The number of carbonyl (C=O) groups excluding carboxylic acids is 1. The Balaban J connectivity index is 2.58. The van der Waals surface area contributed by atoms with Gasteiger partial charge in [-0.3, -0.25) is 4.79 Å². The van der Waals surface area contributed by atoms with Crippen molar-refractivity contribution in [3.8, 4) is 0 Å². The Morgan fingerprint density at radius 1 is 1.44 bits per heavy atom. The highest BCUT2D eigenvalue weighted by Gasteiger charge is 2.08. The van der Waals surface area contributed by atoms with Gasteiger partial charge in [0.1, 0.15) is 0 Å². The molecule has 16 heavy (non-hydrogen) atoms. The van der Waals surface area contributed by atoms with Crippen LogP contribution in [0.15, 0.2) is 29.2 Å². The molecule has 2 nitrogen and oxygen atoms in total. The molecule has 1 unspecified atom stereocenters. The van der Waals surface area contributed by atoms with Crippen molar-refractivity contribution in [2.45, 2.75) is 24.3 Å². The second kappa shape index (κ2) is 6.97. The molecule has 0 aliphatic heterocycles. The van der Waals surface area contributed by atoms with Gasteiger partial charge in [0.25, 0.3) is 0 Å². The first-order chi connectivity index (χ1) is 7.67. The Labute approximate surface area is 109 Å². The summed E-state index contributed by atoms with van der Waals surface area (Å²) < 4.78 is 0. The van der Waals surface area contributed by atoms with Crippen LogP contribution in [0.2, 0.25) is 0 Å². The Bertz CT molecular complexity index is 339. The van der Waals surface area contributed by atoms with Crippen LogP contribution in [0.4, 0.5) is 0 Å². The summed E-state index contributed by atoms with van der Waals surface area (Å²) in [6.45, 7) is 2.00. The number of hydrogen-bond acceptors (Lipinski definition) is 2. The third kappa shape index (κ3) is 4.18. The summed E-state index contributed by atoms with van der Waals surface area (Å²) in [5, 5.41) is 3.66. The second-order valence-electron chi connectivity index (χ2n) is 3.50. The molecule has 0 radical (unpaired) electrons. The quantitative estimate of drug-likeness (QED) is 0.667. The number of carbonyl (C=O) groups is 1. The molecule has 1 aromatic carbocycles. The maximum atomic E-state index is 11.4. The predicted molar refractivity (Wildman–Crippen MR) is 73.2 cm³/mol. The van der Waals surface area contributed by atoms with Gasteiger partial charge in [-0.1, -0.05) is 28.1 Å². The number of thioether (sulfide) groups is 1. The molecule has 0 aliphatic rings. The summed E-state index contributed by atoms with van der Waals surface area (Å²) in [5.74, 6) is 0.0818. The van der Waals surface area contributed by atoms with Gasteiger partial charge in [0.2, 0.25) is 5.91 Å². The fourth-order valence-corrected chi connectivity index (χ4v) is 2.14. The van der Waals surface area contributed by atoms with Gasteiger partial charge in [0, 0.05) is 16.6 Å². The summed E-state index contributed by atoms with van der Waals surface area (Å²) in [4.78, 5) is 12.6. The third-order valence-electron chi connectivity index (χ3n) is 2.31. The molecule has 88 valence electrons. The molecule has 1 N–H and O–H groups in total. The van der Waals surface area contributed by atoms with Crippen molar-refractivity contribution in [1.82, 2.24) is 5.32 Å². The van der Waals surface area contributed by atoms with Crippen LogP contribution in [-0.2, 0) is 4.79 Å². The molecule has 0 aromatic heterocycles. The van der Waals surface area contributed by atoms with Crippen LogP contribution in [0.1, 0.15) is 24.9 Å². The number of benzene rings is 1. The molecule has 1 rings (SSSR count). The molecule has 0 spiro atoms. The van der Waals surface area contributed by atoms with E-state index in [2.05, 4.69) is 51.8 Å². The van der Waals surface area contributed by atoms with E-state index in [0.717, 1.165) is 5.56 Å². The average Bonchev–Trinajstić information content (AvgIpc) is 2.29. The van der Waals surface area contributed by atoms with Crippen molar-refractivity contribution in [3.05, 3.63) is 29.8 Å². The first kappa shape index (κ1) is 13.6. The number of nitrogens with one attached hydrogen (secondary N) is 1. The standard InChI is InChI=1S/C12H16BrNOS/c1-9(14-12(15)7-8-13)10-3-5-11(16-2)6-4-10/h3-6,9H,7-8H2,1-2H3,(H,14,15). The average molecular weight is 302 g/mol. The molecule has 4 heteroatoms. The minimum Gasteiger partial charge on any atom is -0.350 e. The van der Waals surface area contributed by atoms with Gasteiger partial charge >= 0.3 is 0 Å². The summed E-state index contributed by atoms with van der Waals surface area (Å²) in [6, 6.07) is 8.35. The van der Waals surface area contributed by atoms with E-state index in [4.69, 9.17) is 0 Å². The van der Waals surface area contributed by atoms with E-state index in [0.29, 0.717) is 11.8 Å². The minimum atomic E-state index is 0.0717. The maximum Gasteiger partial charge on any atom is 0.221 e. The van der Waals surface area contributed by atoms with E-state index in [9.17, 15) is 4.79 Å². The zero-order valence-electron chi connectivity index (χ0n) is 9.50. The topological polar surface area (TPSA) is 29.1 Å². The fourth-order valence-electron chi connectivity index (χ4n) is 1.38. The minimum absolute atomic E-state index is 0.0717. The highest BCUT2D eigenvalue weighted by atomic mass is 79.9. The third-order valence-corrected chi connectivity index (χ3v) is 3.45. The number of amides is 1. The zero-order valence-corrected chi connectivity index (χ0v) is 11.9. The van der Waals surface area contributed by atoms with Crippen LogP contribution in [-0.4, -0.2) is 17.5 Å². The van der Waals surface area contributed by atoms with Crippen molar-refractivity contribution in [2.24, 2.45) is 0 Å². The van der Waals surface area contributed by atoms with Gasteiger partial charge in [-0.05, 0) is 30.9 Å². The fraction of sp³-hybridized carbons (Fsp3) is 0.417. The van der Waals surface area contributed by atoms with Gasteiger partial charge in [0.15, 0.2) is 0 Å². The largest absolute Gasteiger partial charge is 0.350 e. The molecule has 0 heterocycles. The Morgan fingerprint density at radius 2 is 2.06 bits per heavy atom. The maximum absolute atomic E-state index is 11.4. The summed E-state index contributed by atoms with van der Waals surface area (Å²) in [5.41, 5.74) is 1.14. The number of hydrogen-bond donors (Lipinski definition) is 1. The smallest absolute Gasteiger partial charge is 0.221 e. The van der Waals surface area contributed by atoms with E-state index in [1.807, 2.05) is 6.92 Å². The van der Waals surface area contributed by atoms with E-state index < -0.39 is 0 Å². The molecule has 1 atom stereocenters. The molecule has 0 bridgehead atoms. The second-order valence-corrected chi connectivity index (χ2v) is 5.17.